The molecular weight excluding hydrogens is 371 g/mol. The van der Waals surface area contributed by atoms with Gasteiger partial charge in [-0.25, -0.2) is 4.79 Å². The predicted molar refractivity (Wildman–Crippen MR) is 94.4 cm³/mol. The van der Waals surface area contributed by atoms with E-state index in [0.29, 0.717) is 12.0 Å². The maximum Gasteiger partial charge on any atom is 0.344 e. The molecule has 1 aromatic rings. The van der Waals surface area contributed by atoms with E-state index in [1.165, 1.54) is 12.1 Å². The first kappa shape index (κ1) is 21.4. The fourth-order valence-corrected chi connectivity index (χ4v) is 2.21. The average Bonchev–Trinajstić information content (AvgIpc) is 2.61. The van der Waals surface area contributed by atoms with Crippen molar-refractivity contribution in [2.45, 2.75) is 25.9 Å². The van der Waals surface area contributed by atoms with E-state index in [2.05, 4.69) is 6.58 Å². The molecule has 8 heteroatoms. The van der Waals surface area contributed by atoms with Gasteiger partial charge in [-0.05, 0) is 24.1 Å². The summed E-state index contributed by atoms with van der Waals surface area (Å²) in [6.07, 6.45) is -0.334. The van der Waals surface area contributed by atoms with Gasteiger partial charge in [0.2, 0.25) is 0 Å². The molecule has 0 bridgehead atoms. The van der Waals surface area contributed by atoms with Crippen LogP contribution in [0.1, 0.15) is 30.1 Å². The number of carbonyl (C=O) groups is 2. The molecule has 6 nitrogen and oxygen atoms in total. The number of aliphatic hydroxyl groups is 2. The Labute approximate surface area is 156 Å². The van der Waals surface area contributed by atoms with Gasteiger partial charge in [-0.1, -0.05) is 36.7 Å². The minimum atomic E-state index is -0.940. The van der Waals surface area contributed by atoms with Gasteiger partial charge >= 0.3 is 5.97 Å². The largest absolute Gasteiger partial charge is 0.480 e. The highest BCUT2D eigenvalue weighted by atomic mass is 35.5. The van der Waals surface area contributed by atoms with E-state index in [0.717, 1.165) is 0 Å². The number of allylic oxidation sites excluding steroid dienone is 1. The number of esters is 1. The number of halogens is 2. The molecule has 0 aliphatic rings. The highest BCUT2D eigenvalue weighted by Gasteiger charge is 2.18. The third kappa shape index (κ3) is 6.32. The second-order valence-corrected chi connectivity index (χ2v) is 5.92. The number of hydrogen-bond donors (Lipinski definition) is 2. The van der Waals surface area contributed by atoms with Crippen molar-refractivity contribution in [3.05, 3.63) is 39.9 Å². The summed E-state index contributed by atoms with van der Waals surface area (Å²) in [4.78, 5) is 23.7. The van der Waals surface area contributed by atoms with Gasteiger partial charge in [-0.2, -0.15) is 0 Å². The second kappa shape index (κ2) is 10.4. The summed E-state index contributed by atoms with van der Waals surface area (Å²) < 4.78 is 10.1. The predicted octanol–water partition coefficient (Wildman–Crippen LogP) is 2.81. The Morgan fingerprint density at radius 2 is 1.96 bits per heavy atom. The first-order valence-electron chi connectivity index (χ1n) is 7.59. The molecule has 1 rings (SSSR count). The highest BCUT2D eigenvalue weighted by molar-refractivity contribution is 6.45. The lowest BCUT2D eigenvalue weighted by Crippen LogP contribution is -2.20. The van der Waals surface area contributed by atoms with Crippen LogP contribution in [0.5, 0.6) is 5.75 Å². The third-order valence-corrected chi connectivity index (χ3v) is 4.17. The molecule has 138 valence electrons. The number of Topliss-reactive ketones (excluding diaryl/α,β-unsaturated/α-hetero) is 1. The molecule has 0 heterocycles. The SMILES string of the molecule is C=C(CC)C(=O)c1ccc(OCC(=O)OCCC(O)CO)c(Cl)c1Cl. The van der Waals surface area contributed by atoms with Gasteiger partial charge in [0.05, 0.1) is 24.3 Å². The Balaban J connectivity index is 2.66. The van der Waals surface area contributed by atoms with Gasteiger partial charge in [-0.3, -0.25) is 4.79 Å². The molecule has 0 aromatic heterocycles. The van der Waals surface area contributed by atoms with Crippen molar-refractivity contribution in [1.29, 1.82) is 0 Å². The van der Waals surface area contributed by atoms with Crippen molar-refractivity contribution in [2.24, 2.45) is 0 Å². The second-order valence-electron chi connectivity index (χ2n) is 5.16. The Morgan fingerprint density at radius 3 is 2.56 bits per heavy atom. The molecule has 0 saturated heterocycles. The molecule has 1 unspecified atom stereocenters. The minimum Gasteiger partial charge on any atom is -0.480 e. The normalized spacial score (nSPS) is 11.7. The molecule has 2 N–H and O–H groups in total. The highest BCUT2D eigenvalue weighted by Crippen LogP contribution is 2.35. The van der Waals surface area contributed by atoms with Crippen molar-refractivity contribution in [3.8, 4) is 5.75 Å². The van der Waals surface area contributed by atoms with Crippen LogP contribution in [-0.2, 0) is 9.53 Å². The molecule has 0 spiro atoms. The maximum absolute atomic E-state index is 12.1. The van der Waals surface area contributed by atoms with E-state index >= 15 is 0 Å². The molecule has 0 saturated carbocycles. The monoisotopic (exact) mass is 390 g/mol. The number of ketones is 1. The van der Waals surface area contributed by atoms with E-state index < -0.39 is 25.3 Å². The average molecular weight is 391 g/mol. The number of ether oxygens (including phenoxy) is 2. The van der Waals surface area contributed by atoms with Gasteiger partial charge in [0.15, 0.2) is 12.4 Å². The molecule has 0 fully saturated rings. The fourth-order valence-electron chi connectivity index (χ4n) is 1.75. The molecule has 0 amide bonds. The quantitative estimate of drug-likeness (QED) is 0.362. The molecule has 25 heavy (non-hydrogen) atoms. The molecule has 0 radical (unpaired) electrons. The van der Waals surface area contributed by atoms with Gasteiger partial charge in [0.1, 0.15) is 10.8 Å². The first-order valence-corrected chi connectivity index (χ1v) is 8.35. The fraction of sp³-hybridized carbons (Fsp3) is 0.412. The Kier molecular flexibility index (Phi) is 8.92. The first-order chi connectivity index (χ1) is 11.8. The van der Waals surface area contributed by atoms with Crippen molar-refractivity contribution >= 4 is 35.0 Å². The van der Waals surface area contributed by atoms with Crippen LogP contribution < -0.4 is 4.74 Å². The van der Waals surface area contributed by atoms with Gasteiger partial charge in [-0.15, -0.1) is 0 Å². The summed E-state index contributed by atoms with van der Waals surface area (Å²) in [5.41, 5.74) is 0.617. The summed E-state index contributed by atoms with van der Waals surface area (Å²) in [7, 11) is 0. The van der Waals surface area contributed by atoms with Crippen LogP contribution in [0.3, 0.4) is 0 Å². The smallest absolute Gasteiger partial charge is 0.344 e. The van der Waals surface area contributed by atoms with Crippen LogP contribution in [0, 0.1) is 0 Å². The van der Waals surface area contributed by atoms with Crippen molar-refractivity contribution in [2.75, 3.05) is 19.8 Å². The van der Waals surface area contributed by atoms with Crippen LogP contribution in [0.25, 0.3) is 0 Å². The summed E-state index contributed by atoms with van der Waals surface area (Å²) in [5.74, 6) is -0.836. The molecule has 0 aliphatic carbocycles. The van der Waals surface area contributed by atoms with Crippen LogP contribution in [0.2, 0.25) is 10.0 Å². The lowest BCUT2D eigenvalue weighted by molar-refractivity contribution is -0.146. The van der Waals surface area contributed by atoms with E-state index in [1.807, 2.05) is 0 Å². The number of hydrogen-bond acceptors (Lipinski definition) is 6. The van der Waals surface area contributed by atoms with Crippen LogP contribution in [-0.4, -0.2) is 47.9 Å². The van der Waals surface area contributed by atoms with E-state index in [-0.39, 0.29) is 40.2 Å². The van der Waals surface area contributed by atoms with Gasteiger partial charge < -0.3 is 19.7 Å². The van der Waals surface area contributed by atoms with E-state index in [4.69, 9.17) is 42.9 Å². The topological polar surface area (TPSA) is 93.1 Å². The minimum absolute atomic E-state index is 0.0138. The summed E-state index contributed by atoms with van der Waals surface area (Å²) in [6.45, 7) is 4.60. The Bertz CT molecular complexity index is 644. The van der Waals surface area contributed by atoms with Gasteiger partial charge in [0, 0.05) is 12.0 Å². The Morgan fingerprint density at radius 1 is 1.28 bits per heavy atom. The lowest BCUT2D eigenvalue weighted by atomic mass is 10.0. The summed E-state index contributed by atoms with van der Waals surface area (Å²) >= 11 is 12.2. The standard InChI is InChI=1S/C17H20Cl2O6/c1-3-10(2)17(23)12-4-5-13(16(19)15(12)18)25-9-14(22)24-7-6-11(21)8-20/h4-5,11,20-21H,2-3,6-9H2,1H3. The van der Waals surface area contributed by atoms with Crippen LogP contribution in [0.15, 0.2) is 24.3 Å². The molecular formula is C17H20Cl2O6. The number of aliphatic hydroxyl groups excluding tert-OH is 2. The van der Waals surface area contributed by atoms with Crippen molar-refractivity contribution in [1.82, 2.24) is 0 Å². The van der Waals surface area contributed by atoms with Crippen LogP contribution in [0.4, 0.5) is 0 Å². The van der Waals surface area contributed by atoms with Crippen molar-refractivity contribution in [3.63, 3.8) is 0 Å². The summed E-state index contributed by atoms with van der Waals surface area (Å²) in [5, 5.41) is 17.8. The van der Waals surface area contributed by atoms with Gasteiger partial charge in [0.25, 0.3) is 0 Å². The van der Waals surface area contributed by atoms with E-state index in [9.17, 15) is 9.59 Å². The molecule has 1 aromatic carbocycles. The molecule has 1 atom stereocenters. The summed E-state index contributed by atoms with van der Waals surface area (Å²) in [6, 6.07) is 2.89. The zero-order chi connectivity index (χ0) is 19.0. The zero-order valence-corrected chi connectivity index (χ0v) is 15.3. The number of carbonyl (C=O) groups excluding carboxylic acids is 2. The Hall–Kier alpha value is -1.60. The molecule has 0 aliphatic heterocycles. The number of rotatable bonds is 10. The lowest BCUT2D eigenvalue weighted by Gasteiger charge is -2.12. The van der Waals surface area contributed by atoms with E-state index in [1.54, 1.807) is 6.92 Å². The van der Waals surface area contributed by atoms with Crippen LogP contribution >= 0.6 is 23.2 Å². The third-order valence-electron chi connectivity index (χ3n) is 3.31. The zero-order valence-electron chi connectivity index (χ0n) is 13.8. The van der Waals surface area contributed by atoms with Crippen molar-refractivity contribution < 1.29 is 29.3 Å². The maximum atomic E-state index is 12.1. The number of benzene rings is 1.